The number of nitrogens with zero attached hydrogens (tertiary/aromatic N) is 2. The maximum Gasteiger partial charge on any atom is 0.415 e. The molecule has 0 aliphatic carbocycles. The fourth-order valence-electron chi connectivity index (χ4n) is 4.83. The third kappa shape index (κ3) is 5.42. The number of hydrogen-bond donors (Lipinski definition) is 0. The van der Waals surface area contributed by atoms with Gasteiger partial charge in [-0.3, -0.25) is 0 Å². The summed E-state index contributed by atoms with van der Waals surface area (Å²) in [6.45, 7) is 0. The highest BCUT2D eigenvalue weighted by atomic mass is 31.1. The fourth-order valence-corrected chi connectivity index (χ4v) is 5.96. The lowest BCUT2D eigenvalue weighted by Crippen LogP contribution is -2.13. The van der Waals surface area contributed by atoms with Crippen LogP contribution in [0.5, 0.6) is 0 Å². The van der Waals surface area contributed by atoms with Gasteiger partial charge in [-0.25, -0.2) is 0 Å². The van der Waals surface area contributed by atoms with Gasteiger partial charge in [0.15, 0.2) is 10.6 Å². The summed E-state index contributed by atoms with van der Waals surface area (Å²) in [5, 5.41) is 1.60. The van der Waals surface area contributed by atoms with Crippen LogP contribution in [-0.4, -0.2) is 0 Å². The third-order valence-electron chi connectivity index (χ3n) is 6.74. The number of para-hydroxylation sites is 4. The van der Waals surface area contributed by atoms with Crippen LogP contribution in [0.4, 0.5) is 34.1 Å². The highest BCUT2D eigenvalue weighted by molar-refractivity contribution is 7.61. The van der Waals surface area contributed by atoms with Gasteiger partial charge in [-0.2, -0.15) is 0 Å². The molecule has 0 atom stereocenters. The molecule has 0 fully saturated rings. The van der Waals surface area contributed by atoms with Crippen molar-refractivity contribution in [2.45, 2.75) is 0 Å². The molecule has 0 saturated carbocycles. The fraction of sp³-hybridized carbons (Fsp3) is 0. The summed E-state index contributed by atoms with van der Waals surface area (Å²) in [7, 11) is -1.74. The number of rotatable bonds is 8. The molecule has 0 heterocycles. The Morgan fingerprint density at radius 2 is 0.525 bits per heavy atom. The minimum absolute atomic E-state index is 0.801. The molecule has 3 nitrogen and oxygen atoms in total. The average molecular weight is 536 g/mol. The van der Waals surface area contributed by atoms with Crippen LogP contribution in [0.15, 0.2) is 170 Å². The smallest absolute Gasteiger partial charge is 0.311 e. The molecule has 6 rings (SSSR count). The molecule has 6 aromatic rings. The van der Waals surface area contributed by atoms with Gasteiger partial charge in [0.25, 0.3) is 0 Å². The van der Waals surface area contributed by atoms with Crippen molar-refractivity contribution in [3.8, 4) is 0 Å². The lowest BCUT2D eigenvalue weighted by atomic mass is 10.2. The highest BCUT2D eigenvalue weighted by Crippen LogP contribution is 2.36. The summed E-state index contributed by atoms with van der Waals surface area (Å²) < 4.78 is 13.6. The van der Waals surface area contributed by atoms with Crippen molar-refractivity contribution < 1.29 is 4.57 Å². The maximum absolute atomic E-state index is 13.6. The first-order valence-electron chi connectivity index (χ1n) is 13.3. The van der Waals surface area contributed by atoms with Gasteiger partial charge in [0.1, 0.15) is 0 Å². The summed E-state index contributed by atoms with van der Waals surface area (Å²) in [5.41, 5.74) is 6.32. The lowest BCUT2D eigenvalue weighted by molar-refractivity contribution is 0.598. The quantitative estimate of drug-likeness (QED) is 0.181. The Kier molecular flexibility index (Phi) is 7.48. The summed E-state index contributed by atoms with van der Waals surface area (Å²) in [5.74, 6) is 0. The Labute approximate surface area is 236 Å². The molecule has 0 aromatic heterocycles. The average Bonchev–Trinajstić information content (AvgIpc) is 3.04. The van der Waals surface area contributed by atoms with Gasteiger partial charge < -0.3 is 9.80 Å². The Balaban J connectivity index is 1.27. The largest absolute Gasteiger partial charge is 0.415 e. The Hall–Kier alpha value is -4.98. The second kappa shape index (κ2) is 11.8. The first-order valence-corrected chi connectivity index (χ1v) is 14.5. The summed E-state index contributed by atoms with van der Waals surface area (Å²) in [4.78, 5) is 4.40. The predicted molar refractivity (Wildman–Crippen MR) is 169 cm³/mol. The topological polar surface area (TPSA) is 23.6 Å². The van der Waals surface area contributed by atoms with Gasteiger partial charge in [0, 0.05) is 34.1 Å². The summed E-state index contributed by atoms with van der Waals surface area (Å²) in [6.07, 6.45) is 0. The van der Waals surface area contributed by atoms with Crippen molar-refractivity contribution in [3.05, 3.63) is 170 Å². The Bertz CT molecular complexity index is 1470. The zero-order valence-electron chi connectivity index (χ0n) is 21.9. The SMILES string of the molecule is O=[P+](c1ccc(N(c2ccccc2)c2ccccc2)cc1)c1ccc(N(c2ccccc2)c2ccccc2)cc1. The molecule has 4 heteroatoms. The number of hydrogen-bond acceptors (Lipinski definition) is 3. The molecule has 0 unspecified atom stereocenters. The van der Waals surface area contributed by atoms with E-state index in [4.69, 9.17) is 0 Å². The van der Waals surface area contributed by atoms with E-state index < -0.39 is 7.80 Å². The molecule has 0 saturated heterocycles. The van der Waals surface area contributed by atoms with E-state index in [-0.39, 0.29) is 0 Å². The molecule has 0 aliphatic rings. The van der Waals surface area contributed by atoms with Crippen LogP contribution in [0.3, 0.4) is 0 Å². The molecule has 0 aliphatic heterocycles. The third-order valence-corrected chi connectivity index (χ3v) is 8.28. The van der Waals surface area contributed by atoms with Crippen LogP contribution in [0.1, 0.15) is 0 Å². The van der Waals surface area contributed by atoms with Crippen LogP contribution < -0.4 is 20.4 Å². The number of anilines is 6. The van der Waals surface area contributed by atoms with E-state index in [0.29, 0.717) is 0 Å². The molecule has 0 radical (unpaired) electrons. The van der Waals surface area contributed by atoms with Crippen LogP contribution in [0.25, 0.3) is 0 Å². The highest BCUT2D eigenvalue weighted by Gasteiger charge is 2.25. The summed E-state index contributed by atoms with van der Waals surface area (Å²) >= 11 is 0. The minimum atomic E-state index is -1.74. The minimum Gasteiger partial charge on any atom is -0.311 e. The van der Waals surface area contributed by atoms with Crippen LogP contribution >= 0.6 is 7.80 Å². The Morgan fingerprint density at radius 1 is 0.300 bits per heavy atom. The van der Waals surface area contributed by atoms with E-state index in [0.717, 1.165) is 44.7 Å². The van der Waals surface area contributed by atoms with E-state index in [2.05, 4.69) is 58.3 Å². The van der Waals surface area contributed by atoms with Crippen molar-refractivity contribution in [2.24, 2.45) is 0 Å². The van der Waals surface area contributed by atoms with Gasteiger partial charge in [0.2, 0.25) is 0 Å². The van der Waals surface area contributed by atoms with Gasteiger partial charge in [-0.05, 0) is 97.1 Å². The molecule has 0 spiro atoms. The predicted octanol–water partition coefficient (Wildman–Crippen LogP) is 9.40. The van der Waals surface area contributed by atoms with Gasteiger partial charge in [-0.1, -0.05) is 77.4 Å². The van der Waals surface area contributed by atoms with E-state index in [1.54, 1.807) is 0 Å². The van der Waals surface area contributed by atoms with Crippen molar-refractivity contribution >= 4 is 52.5 Å². The van der Waals surface area contributed by atoms with E-state index in [1.165, 1.54) is 0 Å². The van der Waals surface area contributed by atoms with Gasteiger partial charge >= 0.3 is 7.80 Å². The second-order valence-electron chi connectivity index (χ2n) is 9.34. The second-order valence-corrected chi connectivity index (χ2v) is 11.0. The van der Waals surface area contributed by atoms with Crippen molar-refractivity contribution in [2.75, 3.05) is 9.80 Å². The van der Waals surface area contributed by atoms with E-state index >= 15 is 0 Å². The standard InChI is InChI=1S/C36H28N2OP/c39-40(35-25-21-33(22-26-35)37(29-13-5-1-6-14-29)30-15-7-2-8-16-30)36-27-23-34(24-28-36)38(31-17-9-3-10-18-31)32-19-11-4-12-20-32/h1-28H/q+1. The first-order chi connectivity index (χ1) is 19.8. The summed E-state index contributed by atoms with van der Waals surface area (Å²) in [6, 6.07) is 57.2. The normalized spacial score (nSPS) is 10.6. The zero-order chi connectivity index (χ0) is 27.1. The van der Waals surface area contributed by atoms with Crippen LogP contribution in [0, 0.1) is 0 Å². The van der Waals surface area contributed by atoms with Crippen molar-refractivity contribution in [1.29, 1.82) is 0 Å². The van der Waals surface area contributed by atoms with Gasteiger partial charge in [-0.15, -0.1) is 0 Å². The molecular weight excluding hydrogens is 507 g/mol. The maximum atomic E-state index is 13.6. The van der Waals surface area contributed by atoms with Crippen molar-refractivity contribution in [3.63, 3.8) is 0 Å². The molecule has 6 aromatic carbocycles. The number of benzene rings is 6. The zero-order valence-corrected chi connectivity index (χ0v) is 22.8. The van der Waals surface area contributed by atoms with E-state index in [9.17, 15) is 4.57 Å². The molecular formula is C36H28N2OP+. The van der Waals surface area contributed by atoms with Gasteiger partial charge in [0.05, 0.1) is 0 Å². The van der Waals surface area contributed by atoms with Crippen LogP contribution in [-0.2, 0) is 4.57 Å². The first kappa shape index (κ1) is 25.3. The molecule has 0 amide bonds. The van der Waals surface area contributed by atoms with E-state index in [1.807, 2.05) is 121 Å². The Morgan fingerprint density at radius 3 is 0.775 bits per heavy atom. The van der Waals surface area contributed by atoms with Crippen molar-refractivity contribution in [1.82, 2.24) is 0 Å². The molecule has 0 N–H and O–H groups in total. The molecule has 0 bridgehead atoms. The monoisotopic (exact) mass is 535 g/mol. The molecule has 40 heavy (non-hydrogen) atoms. The molecule has 192 valence electrons. The lowest BCUT2D eigenvalue weighted by Gasteiger charge is -2.25. The van der Waals surface area contributed by atoms with Crippen LogP contribution in [0.2, 0.25) is 0 Å².